The van der Waals surface area contributed by atoms with Crippen molar-refractivity contribution in [3.05, 3.63) is 23.9 Å². The molecule has 21 heavy (non-hydrogen) atoms. The molecule has 0 radical (unpaired) electrons. The maximum Gasteiger partial charge on any atom is 0.408 e. The molecule has 1 aromatic rings. The summed E-state index contributed by atoms with van der Waals surface area (Å²) in [6.45, 7) is 9.48. The number of ether oxygens (including phenoxy) is 2. The molecule has 1 amide bonds. The van der Waals surface area contributed by atoms with E-state index >= 15 is 0 Å². The highest BCUT2D eigenvalue weighted by atomic mass is 16.6. The monoisotopic (exact) mass is 295 g/mol. The minimum absolute atomic E-state index is 0.0305. The van der Waals surface area contributed by atoms with Gasteiger partial charge in [0.15, 0.2) is 0 Å². The molecule has 0 aliphatic carbocycles. The van der Waals surface area contributed by atoms with Crippen molar-refractivity contribution in [1.29, 1.82) is 0 Å². The number of alkyl carbamates (subject to hydrolysis) is 1. The average molecular weight is 295 g/mol. The van der Waals surface area contributed by atoms with Gasteiger partial charge in [-0.05, 0) is 40.7 Å². The first kappa shape index (κ1) is 17.2. The third-order valence-electron chi connectivity index (χ3n) is 2.39. The second-order valence-electron chi connectivity index (χ2n) is 6.00. The quantitative estimate of drug-likeness (QED) is 0.871. The first-order valence-electron chi connectivity index (χ1n) is 7.04. The van der Waals surface area contributed by atoms with Crippen LogP contribution in [-0.2, 0) is 4.74 Å². The fourth-order valence-corrected chi connectivity index (χ4v) is 1.64. The molecular formula is C15H25N3O3. The zero-order valence-corrected chi connectivity index (χ0v) is 13.3. The molecule has 0 spiro atoms. The maximum atomic E-state index is 11.8. The van der Waals surface area contributed by atoms with Crippen molar-refractivity contribution in [2.45, 2.75) is 52.4 Å². The molecule has 1 atom stereocenters. The minimum Gasteiger partial charge on any atom is -0.475 e. The third-order valence-corrected chi connectivity index (χ3v) is 2.39. The van der Waals surface area contributed by atoms with Crippen molar-refractivity contribution < 1.29 is 14.3 Å². The fourth-order valence-electron chi connectivity index (χ4n) is 1.64. The van der Waals surface area contributed by atoms with E-state index in [9.17, 15) is 4.79 Å². The molecular weight excluding hydrogens is 270 g/mol. The summed E-state index contributed by atoms with van der Waals surface area (Å²) in [7, 11) is 0. The van der Waals surface area contributed by atoms with Crippen LogP contribution in [0.15, 0.2) is 18.2 Å². The van der Waals surface area contributed by atoms with Crippen LogP contribution in [0.4, 0.5) is 4.79 Å². The number of amides is 1. The number of aromatic nitrogens is 1. The van der Waals surface area contributed by atoms with Gasteiger partial charge in [0.2, 0.25) is 5.88 Å². The number of nitrogens with two attached hydrogens (primary N) is 1. The summed E-state index contributed by atoms with van der Waals surface area (Å²) >= 11 is 0. The molecule has 1 unspecified atom stereocenters. The Balaban J connectivity index is 2.78. The summed E-state index contributed by atoms with van der Waals surface area (Å²) in [5.74, 6) is 0.506. The van der Waals surface area contributed by atoms with Crippen LogP contribution in [0.1, 0.15) is 46.4 Å². The molecule has 6 nitrogen and oxygen atoms in total. The van der Waals surface area contributed by atoms with E-state index in [0.717, 1.165) is 0 Å². The summed E-state index contributed by atoms with van der Waals surface area (Å²) in [5, 5.41) is 2.72. The van der Waals surface area contributed by atoms with Crippen LogP contribution in [0.25, 0.3) is 0 Å². The van der Waals surface area contributed by atoms with E-state index in [2.05, 4.69) is 10.3 Å². The molecule has 118 valence electrons. The van der Waals surface area contributed by atoms with E-state index in [0.29, 0.717) is 11.6 Å². The lowest BCUT2D eigenvalue weighted by Crippen LogP contribution is -2.38. The molecule has 0 bridgehead atoms. The number of carbonyl (C=O) groups is 1. The van der Waals surface area contributed by atoms with Gasteiger partial charge in [-0.25, -0.2) is 9.78 Å². The average Bonchev–Trinajstić information content (AvgIpc) is 2.33. The van der Waals surface area contributed by atoms with Crippen molar-refractivity contribution in [2.24, 2.45) is 5.73 Å². The normalized spacial score (nSPS) is 12.9. The number of nitrogens with zero attached hydrogens (tertiary/aromatic N) is 1. The molecule has 6 heteroatoms. The van der Waals surface area contributed by atoms with Gasteiger partial charge in [0.05, 0.1) is 17.8 Å². The SMILES string of the molecule is CC(C)Oc1cccc(C(CN)NC(=O)OC(C)(C)C)n1. The summed E-state index contributed by atoms with van der Waals surface area (Å²) in [5.41, 5.74) is 5.80. The van der Waals surface area contributed by atoms with Gasteiger partial charge in [-0.3, -0.25) is 0 Å². The minimum atomic E-state index is -0.556. The predicted octanol–water partition coefficient (Wildman–Crippen LogP) is 2.39. The molecule has 0 aromatic carbocycles. The zero-order valence-electron chi connectivity index (χ0n) is 13.3. The second-order valence-corrected chi connectivity index (χ2v) is 6.00. The summed E-state index contributed by atoms with van der Waals surface area (Å²) in [6.07, 6.45) is -0.488. The first-order valence-corrected chi connectivity index (χ1v) is 7.04. The third kappa shape index (κ3) is 6.44. The van der Waals surface area contributed by atoms with Crippen molar-refractivity contribution in [3.8, 4) is 5.88 Å². The number of nitrogens with one attached hydrogen (secondary N) is 1. The Labute approximate surface area is 126 Å². The lowest BCUT2D eigenvalue weighted by atomic mass is 10.2. The van der Waals surface area contributed by atoms with Crippen LogP contribution >= 0.6 is 0 Å². The molecule has 0 aliphatic rings. The Hall–Kier alpha value is -1.82. The Kier molecular flexibility index (Phi) is 5.96. The highest BCUT2D eigenvalue weighted by molar-refractivity contribution is 5.68. The Morgan fingerprint density at radius 2 is 2.05 bits per heavy atom. The van der Waals surface area contributed by atoms with Crippen molar-refractivity contribution >= 4 is 6.09 Å². The molecule has 0 saturated carbocycles. The van der Waals surface area contributed by atoms with Gasteiger partial charge >= 0.3 is 6.09 Å². The number of carbonyl (C=O) groups excluding carboxylic acids is 1. The molecule has 0 fully saturated rings. The topological polar surface area (TPSA) is 86.5 Å². The van der Waals surface area contributed by atoms with E-state index in [-0.39, 0.29) is 12.6 Å². The second kappa shape index (κ2) is 7.26. The molecule has 1 aromatic heterocycles. The first-order chi connectivity index (χ1) is 9.71. The van der Waals surface area contributed by atoms with Crippen molar-refractivity contribution in [1.82, 2.24) is 10.3 Å². The lowest BCUT2D eigenvalue weighted by Gasteiger charge is -2.23. The van der Waals surface area contributed by atoms with Crippen LogP contribution < -0.4 is 15.8 Å². The molecule has 1 heterocycles. The molecule has 0 aliphatic heterocycles. The van der Waals surface area contributed by atoms with Crippen molar-refractivity contribution in [3.63, 3.8) is 0 Å². The number of pyridine rings is 1. The van der Waals surface area contributed by atoms with Gasteiger partial charge in [0.25, 0.3) is 0 Å². The van der Waals surface area contributed by atoms with Crippen LogP contribution in [0, 0.1) is 0 Å². The van der Waals surface area contributed by atoms with Crippen LogP contribution in [0.5, 0.6) is 5.88 Å². The molecule has 3 N–H and O–H groups in total. The Morgan fingerprint density at radius 3 is 2.57 bits per heavy atom. The van der Waals surface area contributed by atoms with E-state index in [1.54, 1.807) is 32.9 Å². The lowest BCUT2D eigenvalue weighted by molar-refractivity contribution is 0.0504. The van der Waals surface area contributed by atoms with Gasteiger partial charge in [-0.15, -0.1) is 0 Å². The van der Waals surface area contributed by atoms with Gasteiger partial charge in [-0.1, -0.05) is 6.07 Å². The highest BCUT2D eigenvalue weighted by Crippen LogP contribution is 2.16. The van der Waals surface area contributed by atoms with E-state index in [1.807, 2.05) is 19.9 Å². The zero-order chi connectivity index (χ0) is 16.0. The Morgan fingerprint density at radius 1 is 1.38 bits per heavy atom. The van der Waals surface area contributed by atoms with Gasteiger partial charge in [-0.2, -0.15) is 0 Å². The largest absolute Gasteiger partial charge is 0.475 e. The van der Waals surface area contributed by atoms with E-state index < -0.39 is 17.7 Å². The summed E-state index contributed by atoms with van der Waals surface area (Å²) < 4.78 is 10.8. The molecule has 1 rings (SSSR count). The van der Waals surface area contributed by atoms with E-state index in [4.69, 9.17) is 15.2 Å². The Bertz CT molecular complexity index is 469. The van der Waals surface area contributed by atoms with Crippen LogP contribution in [0.3, 0.4) is 0 Å². The smallest absolute Gasteiger partial charge is 0.408 e. The van der Waals surface area contributed by atoms with Crippen molar-refractivity contribution in [2.75, 3.05) is 6.54 Å². The van der Waals surface area contributed by atoms with Gasteiger partial charge < -0.3 is 20.5 Å². The van der Waals surface area contributed by atoms with Gasteiger partial charge in [0, 0.05) is 12.6 Å². The number of hydrogen-bond acceptors (Lipinski definition) is 5. The van der Waals surface area contributed by atoms with E-state index in [1.165, 1.54) is 0 Å². The van der Waals surface area contributed by atoms with Crippen LogP contribution in [0.2, 0.25) is 0 Å². The molecule has 0 saturated heterocycles. The predicted molar refractivity (Wildman–Crippen MR) is 81.2 cm³/mol. The number of hydrogen-bond donors (Lipinski definition) is 2. The summed E-state index contributed by atoms with van der Waals surface area (Å²) in [4.78, 5) is 16.2. The van der Waals surface area contributed by atoms with Crippen LogP contribution in [-0.4, -0.2) is 29.3 Å². The standard InChI is InChI=1S/C15H25N3O3/c1-10(2)20-13-8-6-7-11(17-13)12(9-16)18-14(19)21-15(3,4)5/h6-8,10,12H,9,16H2,1-5H3,(H,18,19). The maximum absolute atomic E-state index is 11.8. The fraction of sp³-hybridized carbons (Fsp3) is 0.600. The number of rotatable bonds is 5. The summed E-state index contributed by atoms with van der Waals surface area (Å²) in [6, 6.07) is 4.96. The highest BCUT2D eigenvalue weighted by Gasteiger charge is 2.20. The van der Waals surface area contributed by atoms with Gasteiger partial charge in [0.1, 0.15) is 5.60 Å².